The average molecular weight is 225 g/mol. The third-order valence-corrected chi connectivity index (χ3v) is 2.54. The fourth-order valence-corrected chi connectivity index (χ4v) is 1.48. The number of nitrogens with zero attached hydrogens (tertiary/aromatic N) is 1. The Kier molecular flexibility index (Phi) is 4.58. The molecule has 1 unspecified atom stereocenters. The Hall–Kier alpha value is -1.26. The van der Waals surface area contributed by atoms with Crippen molar-refractivity contribution in [3.63, 3.8) is 0 Å². The van der Waals surface area contributed by atoms with E-state index < -0.39 is 6.10 Å². The van der Waals surface area contributed by atoms with Crippen LogP contribution in [-0.4, -0.2) is 37.5 Å². The van der Waals surface area contributed by atoms with Crippen LogP contribution in [-0.2, 0) is 4.74 Å². The smallest absolute Gasteiger partial charge is 0.123 e. The molecule has 0 radical (unpaired) electrons. The van der Waals surface area contributed by atoms with Crippen LogP contribution in [0.25, 0.3) is 0 Å². The molecule has 1 aromatic carbocycles. The summed E-state index contributed by atoms with van der Waals surface area (Å²) in [6.07, 6.45) is -0.654. The highest BCUT2D eigenvalue weighted by molar-refractivity contribution is 5.53. The summed E-state index contributed by atoms with van der Waals surface area (Å²) in [7, 11) is 3.58. The van der Waals surface area contributed by atoms with Gasteiger partial charge < -0.3 is 19.8 Å². The van der Waals surface area contributed by atoms with Crippen molar-refractivity contribution in [1.29, 1.82) is 0 Å². The SMILES string of the molecule is COCCN(C)c1ccc(C(C)O)c(O)c1. The molecule has 0 saturated carbocycles. The fraction of sp³-hybridized carbons (Fsp3) is 0.500. The fourth-order valence-electron chi connectivity index (χ4n) is 1.48. The van der Waals surface area contributed by atoms with Crippen LogP contribution >= 0.6 is 0 Å². The highest BCUT2D eigenvalue weighted by Gasteiger charge is 2.09. The molecule has 0 saturated heterocycles. The number of ether oxygens (including phenoxy) is 1. The van der Waals surface area contributed by atoms with Crippen molar-refractivity contribution in [3.05, 3.63) is 23.8 Å². The lowest BCUT2D eigenvalue weighted by Crippen LogP contribution is -2.21. The van der Waals surface area contributed by atoms with Gasteiger partial charge in [-0.05, 0) is 13.0 Å². The number of phenols is 1. The molecule has 0 spiro atoms. The van der Waals surface area contributed by atoms with Gasteiger partial charge in [-0.1, -0.05) is 6.07 Å². The number of benzene rings is 1. The van der Waals surface area contributed by atoms with Gasteiger partial charge in [-0.2, -0.15) is 0 Å². The molecule has 0 aliphatic carbocycles. The van der Waals surface area contributed by atoms with Crippen LogP contribution in [0.5, 0.6) is 5.75 Å². The van der Waals surface area contributed by atoms with Gasteiger partial charge >= 0.3 is 0 Å². The minimum atomic E-state index is -0.654. The number of anilines is 1. The first-order chi connectivity index (χ1) is 7.56. The Bertz CT molecular complexity index is 339. The van der Waals surface area contributed by atoms with Gasteiger partial charge in [-0.3, -0.25) is 0 Å². The van der Waals surface area contributed by atoms with E-state index >= 15 is 0 Å². The molecule has 1 aromatic rings. The van der Waals surface area contributed by atoms with Crippen molar-refractivity contribution >= 4 is 5.69 Å². The van der Waals surface area contributed by atoms with Gasteiger partial charge in [0, 0.05) is 38.0 Å². The number of rotatable bonds is 5. The molecule has 16 heavy (non-hydrogen) atoms. The van der Waals surface area contributed by atoms with Gasteiger partial charge in [-0.25, -0.2) is 0 Å². The van der Waals surface area contributed by atoms with E-state index in [4.69, 9.17) is 4.74 Å². The van der Waals surface area contributed by atoms with Gasteiger partial charge in [0.2, 0.25) is 0 Å². The molecule has 0 bridgehead atoms. The predicted molar refractivity (Wildman–Crippen MR) is 63.9 cm³/mol. The quantitative estimate of drug-likeness (QED) is 0.798. The first-order valence-corrected chi connectivity index (χ1v) is 5.27. The Morgan fingerprint density at radius 1 is 1.44 bits per heavy atom. The lowest BCUT2D eigenvalue weighted by atomic mass is 10.1. The molecule has 0 amide bonds. The van der Waals surface area contributed by atoms with Gasteiger partial charge in [0.25, 0.3) is 0 Å². The lowest BCUT2D eigenvalue weighted by Gasteiger charge is -2.20. The van der Waals surface area contributed by atoms with Gasteiger partial charge in [0.05, 0.1) is 12.7 Å². The van der Waals surface area contributed by atoms with E-state index in [2.05, 4.69) is 0 Å². The Morgan fingerprint density at radius 3 is 2.62 bits per heavy atom. The monoisotopic (exact) mass is 225 g/mol. The van der Waals surface area contributed by atoms with Crippen LogP contribution in [0, 0.1) is 0 Å². The first kappa shape index (κ1) is 12.8. The minimum absolute atomic E-state index is 0.122. The van der Waals surface area contributed by atoms with Crippen molar-refractivity contribution in [2.45, 2.75) is 13.0 Å². The average Bonchev–Trinajstić information content (AvgIpc) is 2.25. The molecule has 0 aromatic heterocycles. The summed E-state index contributed by atoms with van der Waals surface area (Å²) >= 11 is 0. The summed E-state index contributed by atoms with van der Waals surface area (Å²) in [4.78, 5) is 1.98. The first-order valence-electron chi connectivity index (χ1n) is 5.27. The number of aromatic hydroxyl groups is 1. The number of likely N-dealkylation sites (N-methyl/N-ethyl adjacent to an activating group) is 1. The molecule has 0 heterocycles. The molecule has 90 valence electrons. The van der Waals surface area contributed by atoms with Crippen molar-refractivity contribution in [3.8, 4) is 5.75 Å². The van der Waals surface area contributed by atoms with E-state index in [0.717, 1.165) is 12.2 Å². The molecule has 4 heteroatoms. The number of hydrogen-bond donors (Lipinski definition) is 2. The highest BCUT2D eigenvalue weighted by Crippen LogP contribution is 2.28. The largest absolute Gasteiger partial charge is 0.507 e. The molecule has 1 rings (SSSR count). The van der Waals surface area contributed by atoms with Crippen LogP contribution in [0.3, 0.4) is 0 Å². The van der Waals surface area contributed by atoms with Crippen LogP contribution in [0.1, 0.15) is 18.6 Å². The third kappa shape index (κ3) is 3.12. The van der Waals surface area contributed by atoms with E-state index in [9.17, 15) is 10.2 Å². The summed E-state index contributed by atoms with van der Waals surface area (Å²) in [5.41, 5.74) is 1.45. The molecule has 4 nitrogen and oxygen atoms in total. The maximum atomic E-state index is 9.72. The molecule has 0 aliphatic rings. The number of aliphatic hydroxyl groups is 1. The molecule has 0 fully saturated rings. The van der Waals surface area contributed by atoms with E-state index in [1.54, 1.807) is 26.2 Å². The summed E-state index contributed by atoms with van der Waals surface area (Å²) in [6.45, 7) is 3.02. The molecular formula is C12H19NO3. The highest BCUT2D eigenvalue weighted by atomic mass is 16.5. The second-order valence-corrected chi connectivity index (χ2v) is 3.83. The van der Waals surface area contributed by atoms with Crippen LogP contribution in [0.4, 0.5) is 5.69 Å². The van der Waals surface area contributed by atoms with E-state index in [0.29, 0.717) is 12.2 Å². The normalized spacial score (nSPS) is 12.5. The summed E-state index contributed by atoms with van der Waals surface area (Å²) < 4.78 is 4.98. The van der Waals surface area contributed by atoms with Crippen molar-refractivity contribution < 1.29 is 14.9 Å². The summed E-state index contributed by atoms with van der Waals surface area (Å²) in [6, 6.07) is 5.26. The predicted octanol–water partition coefficient (Wildman–Crippen LogP) is 1.53. The van der Waals surface area contributed by atoms with E-state index in [1.165, 1.54) is 0 Å². The van der Waals surface area contributed by atoms with Crippen LogP contribution in [0.2, 0.25) is 0 Å². The minimum Gasteiger partial charge on any atom is -0.507 e. The Labute approximate surface area is 96.1 Å². The van der Waals surface area contributed by atoms with Gasteiger partial charge in [0.15, 0.2) is 0 Å². The maximum Gasteiger partial charge on any atom is 0.123 e. The zero-order chi connectivity index (χ0) is 12.1. The number of hydrogen-bond acceptors (Lipinski definition) is 4. The van der Waals surface area contributed by atoms with Gasteiger partial charge in [0.1, 0.15) is 5.75 Å². The van der Waals surface area contributed by atoms with Crippen LogP contribution in [0.15, 0.2) is 18.2 Å². The zero-order valence-corrected chi connectivity index (χ0v) is 9.97. The molecule has 0 aliphatic heterocycles. The van der Waals surface area contributed by atoms with Gasteiger partial charge in [-0.15, -0.1) is 0 Å². The molecular weight excluding hydrogens is 206 g/mol. The molecule has 1 atom stereocenters. The standard InChI is InChI=1S/C12H19NO3/c1-9(14)11-5-4-10(8-12(11)15)13(2)6-7-16-3/h4-5,8-9,14-15H,6-7H2,1-3H3. The van der Waals surface area contributed by atoms with Crippen LogP contribution < -0.4 is 4.90 Å². The van der Waals surface area contributed by atoms with Crippen molar-refractivity contribution in [1.82, 2.24) is 0 Å². The van der Waals surface area contributed by atoms with Crippen molar-refractivity contribution in [2.24, 2.45) is 0 Å². The maximum absolute atomic E-state index is 9.72. The third-order valence-electron chi connectivity index (χ3n) is 2.54. The zero-order valence-electron chi connectivity index (χ0n) is 9.97. The second kappa shape index (κ2) is 5.72. The van der Waals surface area contributed by atoms with Crippen molar-refractivity contribution in [2.75, 3.05) is 32.2 Å². The number of methoxy groups -OCH3 is 1. The summed E-state index contributed by atoms with van der Waals surface area (Å²) in [5.74, 6) is 0.122. The van der Waals surface area contributed by atoms with E-state index in [1.807, 2.05) is 18.0 Å². The summed E-state index contributed by atoms with van der Waals surface area (Å²) in [5, 5.41) is 19.1. The Morgan fingerprint density at radius 2 is 2.12 bits per heavy atom. The number of aliphatic hydroxyl groups excluding tert-OH is 1. The number of phenolic OH excluding ortho intramolecular Hbond substituents is 1. The molecule has 2 N–H and O–H groups in total. The van der Waals surface area contributed by atoms with E-state index in [-0.39, 0.29) is 5.75 Å². The topological polar surface area (TPSA) is 52.9 Å². The second-order valence-electron chi connectivity index (χ2n) is 3.83. The Balaban J connectivity index is 2.80. The lowest BCUT2D eigenvalue weighted by molar-refractivity contribution is 0.195.